The Morgan fingerprint density at radius 3 is 2.75 bits per heavy atom. The molecule has 2 heteroatoms. The molecule has 1 aromatic carbocycles. The van der Waals surface area contributed by atoms with Gasteiger partial charge in [0.15, 0.2) is 0 Å². The van der Waals surface area contributed by atoms with E-state index >= 15 is 0 Å². The molecule has 1 amide bonds. The first kappa shape index (κ1) is 10.8. The maximum atomic E-state index is 11.8. The van der Waals surface area contributed by atoms with Crippen molar-refractivity contribution >= 4 is 11.6 Å². The second-order valence-electron chi connectivity index (χ2n) is 4.36. The zero-order valence-electron chi connectivity index (χ0n) is 9.66. The van der Waals surface area contributed by atoms with Crippen LogP contribution in [0.2, 0.25) is 0 Å². The van der Waals surface area contributed by atoms with Crippen LogP contribution in [0.5, 0.6) is 0 Å². The van der Waals surface area contributed by atoms with Gasteiger partial charge in [-0.2, -0.15) is 0 Å². The average molecular weight is 213 g/mol. The lowest BCUT2D eigenvalue weighted by Crippen LogP contribution is -2.25. The van der Waals surface area contributed by atoms with E-state index in [1.165, 1.54) is 5.56 Å². The summed E-state index contributed by atoms with van der Waals surface area (Å²) >= 11 is 0. The Hall–Kier alpha value is -1.75. The van der Waals surface area contributed by atoms with Gasteiger partial charge in [0, 0.05) is 24.6 Å². The molecule has 1 atom stereocenters. The van der Waals surface area contributed by atoms with Crippen molar-refractivity contribution in [2.75, 3.05) is 11.4 Å². The number of nitrogens with zero attached hydrogens (tertiary/aromatic N) is 1. The zero-order valence-corrected chi connectivity index (χ0v) is 9.66. The van der Waals surface area contributed by atoms with Gasteiger partial charge in [0.1, 0.15) is 0 Å². The smallest absolute Gasteiger partial charge is 0.228 e. The van der Waals surface area contributed by atoms with Gasteiger partial charge in [0.2, 0.25) is 5.91 Å². The van der Waals surface area contributed by atoms with E-state index in [2.05, 4.69) is 12.0 Å². The molecule has 1 heterocycles. The summed E-state index contributed by atoms with van der Waals surface area (Å²) in [5, 5.41) is 0. The molecule has 0 spiro atoms. The van der Waals surface area contributed by atoms with Crippen molar-refractivity contribution in [1.82, 2.24) is 0 Å². The summed E-state index contributed by atoms with van der Waals surface area (Å²) in [6.45, 7) is 4.73. The number of aryl methyl sites for hydroxylation is 2. The SMILES string of the molecule is C#CC1CC(=O)N(c2ccc(C)cc2C)C1. The van der Waals surface area contributed by atoms with E-state index in [0.29, 0.717) is 13.0 Å². The molecule has 1 saturated heterocycles. The van der Waals surface area contributed by atoms with Crippen LogP contribution in [0.15, 0.2) is 18.2 Å². The van der Waals surface area contributed by atoms with Gasteiger partial charge in [0.25, 0.3) is 0 Å². The highest BCUT2D eigenvalue weighted by atomic mass is 16.2. The van der Waals surface area contributed by atoms with E-state index in [9.17, 15) is 4.79 Å². The van der Waals surface area contributed by atoms with E-state index in [0.717, 1.165) is 11.3 Å². The molecule has 16 heavy (non-hydrogen) atoms. The molecule has 82 valence electrons. The topological polar surface area (TPSA) is 20.3 Å². The molecule has 0 saturated carbocycles. The van der Waals surface area contributed by atoms with Crippen LogP contribution < -0.4 is 4.90 Å². The standard InChI is InChI=1S/C14H15NO/c1-4-12-8-14(16)15(9-12)13-6-5-10(2)7-11(13)3/h1,5-7,12H,8-9H2,2-3H3. The summed E-state index contributed by atoms with van der Waals surface area (Å²) in [4.78, 5) is 13.6. The van der Waals surface area contributed by atoms with Crippen LogP contribution in [0.1, 0.15) is 17.5 Å². The van der Waals surface area contributed by atoms with E-state index < -0.39 is 0 Å². The van der Waals surface area contributed by atoms with Crippen molar-refractivity contribution in [3.63, 3.8) is 0 Å². The number of hydrogen-bond donors (Lipinski definition) is 0. The number of carbonyl (C=O) groups excluding carboxylic acids is 1. The van der Waals surface area contributed by atoms with E-state index in [4.69, 9.17) is 6.42 Å². The van der Waals surface area contributed by atoms with Crippen LogP contribution in [0.4, 0.5) is 5.69 Å². The van der Waals surface area contributed by atoms with E-state index in [1.807, 2.05) is 26.0 Å². The average Bonchev–Trinajstić information content (AvgIpc) is 2.60. The number of amides is 1. The fourth-order valence-electron chi connectivity index (χ4n) is 2.16. The highest BCUT2D eigenvalue weighted by Gasteiger charge is 2.29. The zero-order chi connectivity index (χ0) is 11.7. The van der Waals surface area contributed by atoms with Crippen LogP contribution in [-0.2, 0) is 4.79 Å². The molecular weight excluding hydrogens is 198 g/mol. The lowest BCUT2D eigenvalue weighted by Gasteiger charge is -2.18. The number of carbonyl (C=O) groups is 1. The quantitative estimate of drug-likeness (QED) is 0.655. The van der Waals surface area contributed by atoms with Crippen molar-refractivity contribution < 1.29 is 4.79 Å². The van der Waals surface area contributed by atoms with Gasteiger partial charge in [-0.25, -0.2) is 0 Å². The summed E-state index contributed by atoms with van der Waals surface area (Å²) in [6.07, 6.45) is 5.85. The summed E-state index contributed by atoms with van der Waals surface area (Å²) in [7, 11) is 0. The molecule has 0 bridgehead atoms. The Balaban J connectivity index is 2.32. The molecular formula is C14H15NO. The molecule has 2 nitrogen and oxygen atoms in total. The summed E-state index contributed by atoms with van der Waals surface area (Å²) in [5.74, 6) is 2.86. The molecule has 1 aromatic rings. The van der Waals surface area contributed by atoms with Gasteiger partial charge in [-0.05, 0) is 25.5 Å². The second kappa shape index (κ2) is 4.02. The first-order chi connectivity index (χ1) is 7.61. The highest BCUT2D eigenvalue weighted by Crippen LogP contribution is 2.27. The lowest BCUT2D eigenvalue weighted by molar-refractivity contribution is -0.117. The van der Waals surface area contributed by atoms with Crippen molar-refractivity contribution in [3.05, 3.63) is 29.3 Å². The first-order valence-corrected chi connectivity index (χ1v) is 5.45. The molecule has 1 fully saturated rings. The van der Waals surface area contributed by atoms with Crippen LogP contribution in [-0.4, -0.2) is 12.5 Å². The Morgan fingerprint density at radius 2 is 2.19 bits per heavy atom. The molecule has 1 unspecified atom stereocenters. The molecule has 0 radical (unpaired) electrons. The Kier molecular flexibility index (Phi) is 2.70. The van der Waals surface area contributed by atoms with Crippen molar-refractivity contribution in [2.24, 2.45) is 5.92 Å². The van der Waals surface area contributed by atoms with Gasteiger partial charge in [-0.15, -0.1) is 12.3 Å². The van der Waals surface area contributed by atoms with E-state index in [-0.39, 0.29) is 11.8 Å². The lowest BCUT2D eigenvalue weighted by atomic mass is 10.1. The molecule has 1 aliphatic heterocycles. The normalized spacial score (nSPS) is 19.9. The molecule has 0 aromatic heterocycles. The van der Waals surface area contributed by atoms with Crippen LogP contribution in [0.3, 0.4) is 0 Å². The first-order valence-electron chi connectivity index (χ1n) is 5.45. The largest absolute Gasteiger partial charge is 0.311 e. The minimum absolute atomic E-state index is 0.0632. The molecule has 2 rings (SSSR count). The predicted octanol–water partition coefficient (Wildman–Crippen LogP) is 2.29. The van der Waals surface area contributed by atoms with Gasteiger partial charge in [0.05, 0.1) is 0 Å². The predicted molar refractivity (Wildman–Crippen MR) is 65.2 cm³/mol. The summed E-state index contributed by atoms with van der Waals surface area (Å²) in [6, 6.07) is 6.12. The van der Waals surface area contributed by atoms with E-state index in [1.54, 1.807) is 4.90 Å². The summed E-state index contributed by atoms with van der Waals surface area (Å²) in [5.41, 5.74) is 3.33. The minimum atomic E-state index is 0.0632. The number of hydrogen-bond acceptors (Lipinski definition) is 1. The van der Waals surface area contributed by atoms with Crippen molar-refractivity contribution in [1.29, 1.82) is 0 Å². The maximum Gasteiger partial charge on any atom is 0.228 e. The van der Waals surface area contributed by atoms with Gasteiger partial charge in [-0.1, -0.05) is 17.7 Å². The highest BCUT2D eigenvalue weighted by molar-refractivity contribution is 5.96. The Morgan fingerprint density at radius 1 is 1.44 bits per heavy atom. The van der Waals surface area contributed by atoms with Gasteiger partial charge in [-0.3, -0.25) is 4.79 Å². The van der Waals surface area contributed by atoms with Gasteiger partial charge < -0.3 is 4.90 Å². The molecule has 0 aliphatic carbocycles. The van der Waals surface area contributed by atoms with Crippen LogP contribution in [0, 0.1) is 32.1 Å². The third-order valence-corrected chi connectivity index (χ3v) is 3.00. The fourth-order valence-corrected chi connectivity index (χ4v) is 2.16. The van der Waals surface area contributed by atoms with Crippen molar-refractivity contribution in [3.8, 4) is 12.3 Å². The monoisotopic (exact) mass is 213 g/mol. The number of anilines is 1. The third kappa shape index (κ3) is 1.81. The second-order valence-corrected chi connectivity index (χ2v) is 4.36. The Bertz CT molecular complexity index is 470. The van der Waals surface area contributed by atoms with Crippen LogP contribution >= 0.6 is 0 Å². The van der Waals surface area contributed by atoms with Crippen LogP contribution in [0.25, 0.3) is 0 Å². The number of benzene rings is 1. The van der Waals surface area contributed by atoms with Crippen molar-refractivity contribution in [2.45, 2.75) is 20.3 Å². The third-order valence-electron chi connectivity index (χ3n) is 3.00. The van der Waals surface area contributed by atoms with Gasteiger partial charge >= 0.3 is 0 Å². The molecule has 0 N–H and O–H groups in total. The maximum absolute atomic E-state index is 11.8. The Labute approximate surface area is 96.3 Å². The number of terminal acetylenes is 1. The fraction of sp³-hybridized carbons (Fsp3) is 0.357. The minimum Gasteiger partial charge on any atom is -0.311 e. The summed E-state index contributed by atoms with van der Waals surface area (Å²) < 4.78 is 0. The molecule has 1 aliphatic rings. The number of rotatable bonds is 1.